The van der Waals surface area contributed by atoms with E-state index in [2.05, 4.69) is 9.71 Å². The van der Waals surface area contributed by atoms with Gasteiger partial charge >= 0.3 is 0 Å². The second-order valence-electron chi connectivity index (χ2n) is 4.66. The Kier molecular flexibility index (Phi) is 5.10. The first-order chi connectivity index (χ1) is 9.96. The number of aromatic nitrogens is 1. The molecule has 1 aromatic heterocycles. The molecular weight excluding hydrogens is 308 g/mol. The lowest BCUT2D eigenvalue weighted by Crippen LogP contribution is -2.26. The van der Waals surface area contributed by atoms with Gasteiger partial charge in [0.05, 0.1) is 17.5 Å². The molecule has 0 bridgehead atoms. The molecule has 1 unspecified atom stereocenters. The Morgan fingerprint density at radius 2 is 2.00 bits per heavy atom. The van der Waals surface area contributed by atoms with E-state index in [1.54, 1.807) is 25.3 Å². The number of benzene rings is 1. The number of aryl methyl sites for hydroxylation is 1. The van der Waals surface area contributed by atoms with Gasteiger partial charge in [-0.1, -0.05) is 19.1 Å². The predicted molar refractivity (Wildman–Crippen MR) is 82.6 cm³/mol. The summed E-state index contributed by atoms with van der Waals surface area (Å²) in [5.74, 6) is 0. The second-order valence-corrected chi connectivity index (χ2v) is 7.52. The number of nitrogens with zero attached hydrogens (tertiary/aromatic N) is 1. The topological polar surface area (TPSA) is 79.3 Å². The van der Waals surface area contributed by atoms with Crippen molar-refractivity contribution >= 4 is 21.4 Å². The summed E-state index contributed by atoms with van der Waals surface area (Å²) in [5, 5.41) is 9.73. The fraction of sp³-hybridized carbons (Fsp3) is 0.357. The van der Waals surface area contributed by atoms with Crippen LogP contribution in [-0.2, 0) is 23.1 Å². The maximum atomic E-state index is 12.3. The third-order valence-electron chi connectivity index (χ3n) is 3.04. The predicted octanol–water partition coefficient (Wildman–Crippen LogP) is 2.24. The van der Waals surface area contributed by atoms with Gasteiger partial charge in [-0.15, -0.1) is 11.3 Å². The molecule has 1 heterocycles. The zero-order valence-electron chi connectivity index (χ0n) is 11.9. The van der Waals surface area contributed by atoms with Crippen molar-refractivity contribution in [3.8, 4) is 0 Å². The number of thiazole rings is 1. The molecule has 0 spiro atoms. The number of aliphatic hydroxyl groups is 1. The average molecular weight is 326 g/mol. The van der Waals surface area contributed by atoms with Gasteiger partial charge in [-0.3, -0.25) is 0 Å². The van der Waals surface area contributed by atoms with E-state index in [-0.39, 0.29) is 17.5 Å². The van der Waals surface area contributed by atoms with Crippen molar-refractivity contribution < 1.29 is 13.5 Å². The van der Waals surface area contributed by atoms with E-state index < -0.39 is 10.0 Å². The summed E-state index contributed by atoms with van der Waals surface area (Å²) in [6.07, 6.45) is 2.67. The van der Waals surface area contributed by atoms with Crippen LogP contribution in [0.25, 0.3) is 0 Å². The summed E-state index contributed by atoms with van der Waals surface area (Å²) in [6.45, 7) is 3.70. The molecule has 2 rings (SSSR count). The highest BCUT2D eigenvalue weighted by Crippen LogP contribution is 2.22. The molecule has 7 heteroatoms. The highest BCUT2D eigenvalue weighted by molar-refractivity contribution is 7.89. The maximum Gasteiger partial charge on any atom is 0.241 e. The van der Waals surface area contributed by atoms with Crippen LogP contribution in [0, 0.1) is 0 Å². The lowest BCUT2D eigenvalue weighted by Gasteiger charge is -2.12. The Balaban J connectivity index is 2.15. The van der Waals surface area contributed by atoms with Crippen molar-refractivity contribution in [2.75, 3.05) is 0 Å². The molecule has 0 saturated heterocycles. The van der Waals surface area contributed by atoms with Crippen molar-refractivity contribution in [2.24, 2.45) is 0 Å². The highest BCUT2D eigenvalue weighted by atomic mass is 32.2. The number of nitrogens with one attached hydrogen (secondary N) is 1. The molecule has 5 nitrogen and oxygen atoms in total. The van der Waals surface area contributed by atoms with Crippen LogP contribution in [-0.4, -0.2) is 18.5 Å². The molecule has 0 fully saturated rings. The summed E-state index contributed by atoms with van der Waals surface area (Å²) in [5.41, 5.74) is 0.675. The van der Waals surface area contributed by atoms with Gasteiger partial charge in [-0.25, -0.2) is 18.1 Å². The summed E-state index contributed by atoms with van der Waals surface area (Å²) in [6, 6.07) is 5.79. The lowest BCUT2D eigenvalue weighted by atomic mass is 10.2. The van der Waals surface area contributed by atoms with Gasteiger partial charge in [0, 0.05) is 11.1 Å². The fourth-order valence-corrected chi connectivity index (χ4v) is 3.95. The Morgan fingerprint density at radius 3 is 2.52 bits per heavy atom. The van der Waals surface area contributed by atoms with Crippen LogP contribution < -0.4 is 4.72 Å². The van der Waals surface area contributed by atoms with Crippen molar-refractivity contribution in [1.82, 2.24) is 9.71 Å². The first-order valence-electron chi connectivity index (χ1n) is 6.63. The molecule has 0 radical (unpaired) electrons. The Labute approximate surface area is 128 Å². The molecule has 2 aromatic rings. The first-order valence-corrected chi connectivity index (χ1v) is 8.93. The van der Waals surface area contributed by atoms with Gasteiger partial charge < -0.3 is 5.11 Å². The minimum atomic E-state index is -3.60. The van der Waals surface area contributed by atoms with E-state index in [0.29, 0.717) is 5.56 Å². The molecule has 1 atom stereocenters. The quantitative estimate of drug-likeness (QED) is 0.853. The molecule has 2 N–H and O–H groups in total. The SMILES string of the molecule is CCc1cnc(C(C)NS(=O)(=O)c2ccc(CO)cc2)s1. The zero-order chi connectivity index (χ0) is 15.5. The number of hydrogen-bond donors (Lipinski definition) is 2. The molecule has 1 aromatic carbocycles. The van der Waals surface area contributed by atoms with Crippen LogP contribution in [0.3, 0.4) is 0 Å². The van der Waals surface area contributed by atoms with Gasteiger partial charge in [-0.05, 0) is 31.0 Å². The number of hydrogen-bond acceptors (Lipinski definition) is 5. The first kappa shape index (κ1) is 16.1. The molecule has 114 valence electrons. The molecule has 0 aliphatic rings. The lowest BCUT2D eigenvalue weighted by molar-refractivity contribution is 0.282. The fourth-order valence-electron chi connectivity index (χ4n) is 1.81. The van der Waals surface area contributed by atoms with E-state index >= 15 is 0 Å². The second kappa shape index (κ2) is 6.65. The zero-order valence-corrected chi connectivity index (χ0v) is 13.5. The van der Waals surface area contributed by atoms with E-state index in [0.717, 1.165) is 16.3 Å². The molecule has 0 saturated carbocycles. The smallest absolute Gasteiger partial charge is 0.241 e. The van der Waals surface area contributed by atoms with Crippen LogP contribution in [0.4, 0.5) is 0 Å². The minimum Gasteiger partial charge on any atom is -0.392 e. The van der Waals surface area contributed by atoms with Crippen molar-refractivity contribution in [2.45, 2.75) is 37.8 Å². The number of rotatable bonds is 6. The molecular formula is C14H18N2O3S2. The minimum absolute atomic E-state index is 0.108. The normalized spacial score (nSPS) is 13.3. The summed E-state index contributed by atoms with van der Waals surface area (Å²) < 4.78 is 27.2. The van der Waals surface area contributed by atoms with Crippen LogP contribution in [0.2, 0.25) is 0 Å². The maximum absolute atomic E-state index is 12.3. The highest BCUT2D eigenvalue weighted by Gasteiger charge is 2.20. The number of sulfonamides is 1. The van der Waals surface area contributed by atoms with Gasteiger partial charge in [0.2, 0.25) is 10.0 Å². The van der Waals surface area contributed by atoms with Crippen LogP contribution in [0.1, 0.15) is 35.3 Å². The van der Waals surface area contributed by atoms with Crippen LogP contribution in [0.5, 0.6) is 0 Å². The van der Waals surface area contributed by atoms with Crippen LogP contribution >= 0.6 is 11.3 Å². The monoisotopic (exact) mass is 326 g/mol. The van der Waals surface area contributed by atoms with Gasteiger partial charge in [0.1, 0.15) is 5.01 Å². The molecule has 21 heavy (non-hydrogen) atoms. The van der Waals surface area contributed by atoms with E-state index in [1.165, 1.54) is 23.5 Å². The van der Waals surface area contributed by atoms with E-state index in [1.807, 2.05) is 6.92 Å². The third kappa shape index (κ3) is 3.88. The van der Waals surface area contributed by atoms with Crippen molar-refractivity contribution in [3.63, 3.8) is 0 Å². The largest absolute Gasteiger partial charge is 0.392 e. The Hall–Kier alpha value is -1.28. The van der Waals surface area contributed by atoms with Gasteiger partial charge in [-0.2, -0.15) is 0 Å². The summed E-state index contributed by atoms with van der Waals surface area (Å²) in [4.78, 5) is 5.56. The third-order valence-corrected chi connectivity index (χ3v) is 5.92. The van der Waals surface area contributed by atoms with Gasteiger partial charge in [0.25, 0.3) is 0 Å². The van der Waals surface area contributed by atoms with Gasteiger partial charge in [0.15, 0.2) is 0 Å². The number of aliphatic hydroxyl groups excluding tert-OH is 1. The molecule has 0 aliphatic carbocycles. The van der Waals surface area contributed by atoms with Crippen LogP contribution in [0.15, 0.2) is 35.4 Å². The summed E-state index contributed by atoms with van der Waals surface area (Å²) in [7, 11) is -3.60. The van der Waals surface area contributed by atoms with E-state index in [4.69, 9.17) is 5.11 Å². The summed E-state index contributed by atoms with van der Waals surface area (Å²) >= 11 is 1.51. The van der Waals surface area contributed by atoms with Crippen molar-refractivity contribution in [3.05, 3.63) is 45.9 Å². The van der Waals surface area contributed by atoms with Crippen molar-refractivity contribution in [1.29, 1.82) is 0 Å². The van der Waals surface area contributed by atoms with E-state index in [9.17, 15) is 8.42 Å². The molecule has 0 aliphatic heterocycles. The Bertz CT molecular complexity index is 693. The average Bonchev–Trinajstić information content (AvgIpc) is 2.96. The standard InChI is InChI=1S/C14H18N2O3S2/c1-3-12-8-15-14(20-12)10(2)16-21(18,19)13-6-4-11(9-17)5-7-13/h4-8,10,16-17H,3,9H2,1-2H3. The molecule has 0 amide bonds. The Morgan fingerprint density at radius 1 is 1.33 bits per heavy atom.